The van der Waals surface area contributed by atoms with Gasteiger partial charge in [-0.25, -0.2) is 5.48 Å². The van der Waals surface area contributed by atoms with Gasteiger partial charge in [0.15, 0.2) is 0 Å². The minimum absolute atomic E-state index is 0.354. The Balaban J connectivity index is 1.61. The highest BCUT2D eigenvalue weighted by atomic mass is 16.5. The summed E-state index contributed by atoms with van der Waals surface area (Å²) in [5.74, 6) is -0.953. The van der Waals surface area contributed by atoms with Crippen molar-refractivity contribution in [3.8, 4) is 0 Å². The molecule has 24 heavy (non-hydrogen) atoms. The van der Waals surface area contributed by atoms with E-state index in [2.05, 4.69) is 17.0 Å². The molecular formula is C19H20N2O3. The molecule has 0 saturated carbocycles. The van der Waals surface area contributed by atoms with Crippen molar-refractivity contribution >= 4 is 11.6 Å². The van der Waals surface area contributed by atoms with Gasteiger partial charge < -0.3 is 9.64 Å². The van der Waals surface area contributed by atoms with Crippen molar-refractivity contribution in [3.05, 3.63) is 65.7 Å². The van der Waals surface area contributed by atoms with E-state index in [9.17, 15) is 4.79 Å². The van der Waals surface area contributed by atoms with Crippen molar-refractivity contribution in [3.63, 3.8) is 0 Å². The Morgan fingerprint density at radius 3 is 2.42 bits per heavy atom. The number of benzene rings is 2. The highest BCUT2D eigenvalue weighted by Gasteiger charge is 2.39. The minimum atomic E-state index is -0.524. The maximum atomic E-state index is 12.2. The van der Waals surface area contributed by atoms with Crippen LogP contribution < -0.4 is 10.4 Å². The van der Waals surface area contributed by atoms with Crippen molar-refractivity contribution in [2.45, 2.75) is 24.5 Å². The van der Waals surface area contributed by atoms with Crippen molar-refractivity contribution in [1.29, 1.82) is 0 Å². The van der Waals surface area contributed by atoms with E-state index in [1.54, 1.807) is 5.48 Å². The molecule has 2 aromatic carbocycles. The first kappa shape index (κ1) is 15.2. The third-order valence-corrected chi connectivity index (χ3v) is 4.96. The standard InChI is InChI=1S/C19H20N2O3/c22-19(20-23)18(13-4-2-1-3-5-13)14-6-8-15(9-7-14)21-11-17-10-16(21)12-24-17/h1-9,16-18,23H,10-12H2,(H,20,22). The molecule has 0 aromatic heterocycles. The number of hydrogen-bond acceptors (Lipinski definition) is 4. The zero-order valence-electron chi connectivity index (χ0n) is 13.3. The molecule has 5 heteroatoms. The van der Waals surface area contributed by atoms with Gasteiger partial charge in [0, 0.05) is 12.2 Å². The molecular weight excluding hydrogens is 304 g/mol. The molecule has 0 spiro atoms. The van der Waals surface area contributed by atoms with E-state index < -0.39 is 11.8 Å². The van der Waals surface area contributed by atoms with Crippen molar-refractivity contribution in [1.82, 2.24) is 5.48 Å². The van der Waals surface area contributed by atoms with Gasteiger partial charge in [-0.05, 0) is 29.7 Å². The molecule has 124 valence electrons. The van der Waals surface area contributed by atoms with Gasteiger partial charge in [0.1, 0.15) is 0 Å². The van der Waals surface area contributed by atoms with Crippen LogP contribution in [0.25, 0.3) is 0 Å². The number of amides is 1. The third-order valence-electron chi connectivity index (χ3n) is 4.96. The van der Waals surface area contributed by atoms with Gasteiger partial charge in [-0.1, -0.05) is 42.5 Å². The first-order valence-corrected chi connectivity index (χ1v) is 8.23. The van der Waals surface area contributed by atoms with Crippen LogP contribution in [0.5, 0.6) is 0 Å². The number of nitrogens with one attached hydrogen (secondary N) is 1. The first-order valence-electron chi connectivity index (χ1n) is 8.23. The predicted octanol–water partition coefficient (Wildman–Crippen LogP) is 2.30. The number of carbonyl (C=O) groups excluding carboxylic acids is 1. The van der Waals surface area contributed by atoms with Crippen LogP contribution in [0.4, 0.5) is 5.69 Å². The summed E-state index contributed by atoms with van der Waals surface area (Å²) in [5, 5.41) is 9.10. The monoisotopic (exact) mass is 324 g/mol. The van der Waals surface area contributed by atoms with E-state index in [0.29, 0.717) is 12.1 Å². The Morgan fingerprint density at radius 2 is 1.83 bits per heavy atom. The second-order valence-electron chi connectivity index (χ2n) is 6.41. The van der Waals surface area contributed by atoms with Gasteiger partial charge in [0.2, 0.25) is 0 Å². The van der Waals surface area contributed by atoms with Crippen LogP contribution >= 0.6 is 0 Å². The van der Waals surface area contributed by atoms with Crippen molar-refractivity contribution < 1.29 is 14.7 Å². The number of carbonyl (C=O) groups is 1. The number of nitrogens with zero attached hydrogens (tertiary/aromatic N) is 1. The minimum Gasteiger partial charge on any atom is -0.374 e. The summed E-state index contributed by atoms with van der Waals surface area (Å²) in [6.45, 7) is 1.73. The fraction of sp³-hybridized carbons (Fsp3) is 0.316. The Bertz CT molecular complexity index is 717. The van der Waals surface area contributed by atoms with E-state index in [0.717, 1.165) is 36.4 Å². The topological polar surface area (TPSA) is 61.8 Å². The van der Waals surface area contributed by atoms with Gasteiger partial charge >= 0.3 is 0 Å². The number of hydroxylamine groups is 1. The molecule has 1 amide bonds. The maximum absolute atomic E-state index is 12.2. The van der Waals surface area contributed by atoms with E-state index >= 15 is 0 Å². The summed E-state index contributed by atoms with van der Waals surface area (Å²) in [6.07, 6.45) is 1.45. The summed E-state index contributed by atoms with van der Waals surface area (Å²) in [7, 11) is 0. The molecule has 0 aliphatic carbocycles. The fourth-order valence-electron chi connectivity index (χ4n) is 3.78. The fourth-order valence-corrected chi connectivity index (χ4v) is 3.78. The van der Waals surface area contributed by atoms with E-state index in [4.69, 9.17) is 9.94 Å². The largest absolute Gasteiger partial charge is 0.374 e. The Kier molecular flexibility index (Phi) is 3.96. The number of rotatable bonds is 4. The summed E-state index contributed by atoms with van der Waals surface area (Å²) in [5.41, 5.74) is 4.66. The number of ether oxygens (including phenoxy) is 1. The normalized spacial score (nSPS) is 23.3. The molecule has 2 bridgehead atoms. The van der Waals surface area contributed by atoms with Gasteiger partial charge in [-0.3, -0.25) is 10.0 Å². The zero-order valence-corrected chi connectivity index (χ0v) is 13.3. The van der Waals surface area contributed by atoms with Gasteiger partial charge in [0.25, 0.3) is 5.91 Å². The van der Waals surface area contributed by atoms with Gasteiger partial charge in [0.05, 0.1) is 24.7 Å². The molecule has 4 rings (SSSR count). The Morgan fingerprint density at radius 1 is 1.12 bits per heavy atom. The Hall–Kier alpha value is -2.37. The highest BCUT2D eigenvalue weighted by Crippen LogP contribution is 2.34. The predicted molar refractivity (Wildman–Crippen MR) is 90.1 cm³/mol. The van der Waals surface area contributed by atoms with Crippen LogP contribution in [0.2, 0.25) is 0 Å². The van der Waals surface area contributed by atoms with E-state index in [1.165, 1.54) is 0 Å². The van der Waals surface area contributed by atoms with Gasteiger partial charge in [-0.15, -0.1) is 0 Å². The van der Waals surface area contributed by atoms with Crippen LogP contribution in [0.1, 0.15) is 23.5 Å². The van der Waals surface area contributed by atoms with Gasteiger partial charge in [-0.2, -0.15) is 0 Å². The highest BCUT2D eigenvalue weighted by molar-refractivity contribution is 5.86. The van der Waals surface area contributed by atoms with Crippen LogP contribution in [0.15, 0.2) is 54.6 Å². The first-order chi connectivity index (χ1) is 11.8. The molecule has 3 unspecified atom stereocenters. The summed E-state index contributed by atoms with van der Waals surface area (Å²) in [4.78, 5) is 14.5. The number of anilines is 1. The summed E-state index contributed by atoms with van der Waals surface area (Å²) >= 11 is 0. The molecule has 0 radical (unpaired) electrons. The smallest absolute Gasteiger partial charge is 0.255 e. The second kappa shape index (κ2) is 6.26. The lowest BCUT2D eigenvalue weighted by molar-refractivity contribution is -0.129. The lowest BCUT2D eigenvalue weighted by Crippen LogP contribution is -2.36. The van der Waals surface area contributed by atoms with E-state index in [-0.39, 0.29) is 0 Å². The molecule has 2 aromatic rings. The summed E-state index contributed by atoms with van der Waals surface area (Å²) in [6, 6.07) is 18.0. The van der Waals surface area contributed by atoms with Crippen LogP contribution in [-0.4, -0.2) is 36.4 Å². The van der Waals surface area contributed by atoms with Crippen LogP contribution in [-0.2, 0) is 9.53 Å². The van der Waals surface area contributed by atoms with Crippen LogP contribution in [0, 0.1) is 0 Å². The molecule has 3 atom stereocenters. The number of morpholine rings is 1. The average Bonchev–Trinajstić information content (AvgIpc) is 3.27. The zero-order chi connectivity index (χ0) is 16.5. The lowest BCUT2D eigenvalue weighted by atomic mass is 9.90. The lowest BCUT2D eigenvalue weighted by Gasteiger charge is -2.29. The van der Waals surface area contributed by atoms with Crippen molar-refractivity contribution in [2.24, 2.45) is 0 Å². The molecule has 2 N–H and O–H groups in total. The molecule has 2 aliphatic rings. The summed E-state index contributed by atoms with van der Waals surface area (Å²) < 4.78 is 5.65. The SMILES string of the molecule is O=C(NO)C(c1ccccc1)c1ccc(N2CC3CC2CO3)cc1. The number of fused-ring (bicyclic) bond motifs is 2. The van der Waals surface area contributed by atoms with Crippen molar-refractivity contribution in [2.75, 3.05) is 18.1 Å². The van der Waals surface area contributed by atoms with Crippen LogP contribution in [0.3, 0.4) is 0 Å². The molecule has 5 nitrogen and oxygen atoms in total. The number of hydrogen-bond donors (Lipinski definition) is 2. The second-order valence-corrected chi connectivity index (χ2v) is 6.41. The molecule has 2 fully saturated rings. The average molecular weight is 324 g/mol. The Labute approximate surface area is 140 Å². The third kappa shape index (κ3) is 2.66. The molecule has 2 aliphatic heterocycles. The molecule has 2 heterocycles. The van der Waals surface area contributed by atoms with E-state index in [1.807, 2.05) is 42.5 Å². The maximum Gasteiger partial charge on any atom is 0.255 e. The quantitative estimate of drug-likeness (QED) is 0.669. The molecule has 2 saturated heterocycles.